The van der Waals surface area contributed by atoms with E-state index >= 15 is 0 Å². The molecule has 10 heteroatoms. The Balaban J connectivity index is 1.18. The number of piperazine rings is 1. The van der Waals surface area contributed by atoms with Gasteiger partial charge in [0.05, 0.1) is 25.1 Å². The van der Waals surface area contributed by atoms with Crippen molar-refractivity contribution in [1.29, 1.82) is 0 Å². The van der Waals surface area contributed by atoms with Gasteiger partial charge < -0.3 is 24.8 Å². The van der Waals surface area contributed by atoms with E-state index < -0.39 is 0 Å². The monoisotopic (exact) mass is 488 g/mol. The van der Waals surface area contributed by atoms with E-state index in [1.165, 1.54) is 0 Å². The molecule has 0 spiro atoms. The molecule has 0 unspecified atom stereocenters. The van der Waals surface area contributed by atoms with Crippen molar-refractivity contribution in [1.82, 2.24) is 19.9 Å². The third-order valence-electron chi connectivity index (χ3n) is 6.51. The molecule has 36 heavy (non-hydrogen) atoms. The Kier molecular flexibility index (Phi) is 7.24. The average molecular weight is 489 g/mol. The number of hydrogen-bond donors (Lipinski definition) is 2. The molecule has 0 bridgehead atoms. The van der Waals surface area contributed by atoms with E-state index in [2.05, 4.69) is 42.3 Å². The number of rotatable bonds is 5. The number of ether oxygens (including phenoxy) is 1. The summed E-state index contributed by atoms with van der Waals surface area (Å²) in [6.45, 7) is 9.10. The van der Waals surface area contributed by atoms with Gasteiger partial charge in [-0.1, -0.05) is 0 Å². The molecule has 2 fully saturated rings. The standard InChI is InChI=1S/C26H32N8O2/c1-19-17-28-24(31-25(19)34-13-15-36-16-14-34)20-3-5-21(6-4-20)29-26(35)30-23-8-7-22(18-27-23)33-11-9-32(2)10-12-33/h3-8,17-18H,9-16H2,1-2H3,(H2,27,29,30,35). The summed E-state index contributed by atoms with van der Waals surface area (Å²) in [4.78, 5) is 33.1. The Morgan fingerprint density at radius 1 is 0.861 bits per heavy atom. The van der Waals surface area contributed by atoms with Crippen LogP contribution in [-0.4, -0.2) is 85.4 Å². The average Bonchev–Trinajstić information content (AvgIpc) is 2.91. The topological polar surface area (TPSA) is 98.8 Å². The van der Waals surface area contributed by atoms with Gasteiger partial charge in [-0.3, -0.25) is 5.32 Å². The van der Waals surface area contributed by atoms with E-state index in [1.807, 2.05) is 55.7 Å². The van der Waals surface area contributed by atoms with Crippen LogP contribution in [0.2, 0.25) is 0 Å². The van der Waals surface area contributed by atoms with Gasteiger partial charge in [0.1, 0.15) is 11.6 Å². The van der Waals surface area contributed by atoms with Crippen LogP contribution in [0.5, 0.6) is 0 Å². The van der Waals surface area contributed by atoms with Crippen LogP contribution >= 0.6 is 0 Å². The molecule has 2 saturated heterocycles. The van der Waals surface area contributed by atoms with Crippen molar-refractivity contribution in [3.63, 3.8) is 0 Å². The number of pyridine rings is 1. The second-order valence-electron chi connectivity index (χ2n) is 9.15. The van der Waals surface area contributed by atoms with E-state index in [0.717, 1.165) is 61.9 Å². The highest BCUT2D eigenvalue weighted by atomic mass is 16.5. The summed E-state index contributed by atoms with van der Waals surface area (Å²) in [6.07, 6.45) is 3.66. The number of anilines is 4. The third-order valence-corrected chi connectivity index (χ3v) is 6.51. The molecule has 2 aliphatic rings. The predicted molar refractivity (Wildman–Crippen MR) is 142 cm³/mol. The first kappa shape index (κ1) is 24.0. The van der Waals surface area contributed by atoms with E-state index in [1.54, 1.807) is 0 Å². The molecule has 5 rings (SSSR count). The van der Waals surface area contributed by atoms with Gasteiger partial charge in [0.15, 0.2) is 5.82 Å². The number of carbonyl (C=O) groups is 1. The van der Waals surface area contributed by atoms with E-state index in [0.29, 0.717) is 30.5 Å². The lowest BCUT2D eigenvalue weighted by Crippen LogP contribution is -2.44. The van der Waals surface area contributed by atoms with Gasteiger partial charge in [-0.15, -0.1) is 0 Å². The minimum Gasteiger partial charge on any atom is -0.378 e. The smallest absolute Gasteiger partial charge is 0.324 e. The molecule has 0 radical (unpaired) electrons. The fourth-order valence-electron chi connectivity index (χ4n) is 4.36. The van der Waals surface area contributed by atoms with Gasteiger partial charge in [-0.05, 0) is 50.4 Å². The minimum atomic E-state index is -0.344. The highest BCUT2D eigenvalue weighted by molar-refractivity contribution is 5.99. The molecular weight excluding hydrogens is 456 g/mol. The summed E-state index contributed by atoms with van der Waals surface area (Å²) in [5.41, 5.74) is 3.67. The second-order valence-corrected chi connectivity index (χ2v) is 9.15. The maximum Gasteiger partial charge on any atom is 0.324 e. The SMILES string of the molecule is Cc1cnc(-c2ccc(NC(=O)Nc3ccc(N4CCN(C)CC4)cn3)cc2)nc1N1CCOCC1. The zero-order chi connectivity index (χ0) is 24.9. The van der Waals surface area contributed by atoms with Crippen LogP contribution in [0.4, 0.5) is 27.8 Å². The number of carbonyl (C=O) groups excluding carboxylic acids is 1. The lowest BCUT2D eigenvalue weighted by Gasteiger charge is -2.33. The second kappa shape index (κ2) is 10.9. The Hall–Kier alpha value is -3.76. The maximum absolute atomic E-state index is 12.5. The van der Waals surface area contributed by atoms with Crippen LogP contribution in [0, 0.1) is 6.92 Å². The minimum absolute atomic E-state index is 0.344. The number of amides is 2. The molecule has 188 valence electrons. The Morgan fingerprint density at radius 2 is 1.61 bits per heavy atom. The van der Waals surface area contributed by atoms with Crippen molar-refractivity contribution in [2.45, 2.75) is 6.92 Å². The Labute approximate surface area is 211 Å². The summed E-state index contributed by atoms with van der Waals surface area (Å²) in [5, 5.41) is 5.65. The molecule has 2 amide bonds. The number of morpholine rings is 1. The fourth-order valence-corrected chi connectivity index (χ4v) is 4.36. The lowest BCUT2D eigenvalue weighted by molar-refractivity contribution is 0.122. The summed E-state index contributed by atoms with van der Waals surface area (Å²) in [6, 6.07) is 11.0. The predicted octanol–water partition coefficient (Wildman–Crippen LogP) is 3.08. The highest BCUT2D eigenvalue weighted by Gasteiger charge is 2.17. The number of nitrogens with one attached hydrogen (secondary N) is 2. The van der Waals surface area contributed by atoms with Crippen molar-refractivity contribution in [3.8, 4) is 11.4 Å². The van der Waals surface area contributed by atoms with Crippen molar-refractivity contribution in [2.24, 2.45) is 0 Å². The Morgan fingerprint density at radius 3 is 2.31 bits per heavy atom. The van der Waals surface area contributed by atoms with Crippen LogP contribution in [0.25, 0.3) is 11.4 Å². The molecule has 2 N–H and O–H groups in total. The number of urea groups is 1. The van der Waals surface area contributed by atoms with E-state index in [9.17, 15) is 4.79 Å². The van der Waals surface area contributed by atoms with Gasteiger partial charge >= 0.3 is 6.03 Å². The van der Waals surface area contributed by atoms with Gasteiger partial charge in [0.25, 0.3) is 0 Å². The lowest BCUT2D eigenvalue weighted by atomic mass is 10.2. The zero-order valence-electron chi connectivity index (χ0n) is 20.8. The van der Waals surface area contributed by atoms with Gasteiger partial charge in [-0.2, -0.15) is 0 Å². The maximum atomic E-state index is 12.5. The molecule has 0 aliphatic carbocycles. The zero-order valence-corrected chi connectivity index (χ0v) is 20.8. The summed E-state index contributed by atoms with van der Waals surface area (Å²) < 4.78 is 5.46. The first-order chi connectivity index (χ1) is 17.5. The van der Waals surface area contributed by atoms with Gasteiger partial charge in [0, 0.05) is 62.3 Å². The first-order valence-electron chi connectivity index (χ1n) is 12.3. The molecule has 0 atom stereocenters. The third kappa shape index (κ3) is 5.72. The molecule has 4 heterocycles. The summed E-state index contributed by atoms with van der Waals surface area (Å²) >= 11 is 0. The first-order valence-corrected chi connectivity index (χ1v) is 12.3. The number of aryl methyl sites for hydroxylation is 1. The largest absolute Gasteiger partial charge is 0.378 e. The number of benzene rings is 1. The van der Waals surface area contributed by atoms with Crippen LogP contribution in [0.3, 0.4) is 0 Å². The number of nitrogens with zero attached hydrogens (tertiary/aromatic N) is 6. The molecule has 2 aromatic heterocycles. The summed E-state index contributed by atoms with van der Waals surface area (Å²) in [7, 11) is 2.13. The molecule has 2 aliphatic heterocycles. The highest BCUT2D eigenvalue weighted by Crippen LogP contribution is 2.24. The number of hydrogen-bond acceptors (Lipinski definition) is 8. The van der Waals surface area contributed by atoms with E-state index in [4.69, 9.17) is 9.72 Å². The number of aromatic nitrogens is 3. The van der Waals surface area contributed by atoms with E-state index in [-0.39, 0.29) is 6.03 Å². The molecule has 3 aromatic rings. The van der Waals surface area contributed by atoms with Crippen LogP contribution in [0.15, 0.2) is 48.8 Å². The van der Waals surface area contributed by atoms with Crippen molar-refractivity contribution in [2.75, 3.05) is 80.0 Å². The number of likely N-dealkylation sites (N-methyl/N-ethyl adjacent to an activating group) is 1. The normalized spacial score (nSPS) is 16.6. The van der Waals surface area contributed by atoms with Crippen LogP contribution < -0.4 is 20.4 Å². The van der Waals surface area contributed by atoms with Crippen molar-refractivity contribution >= 4 is 29.0 Å². The molecule has 1 aromatic carbocycles. The summed E-state index contributed by atoms with van der Waals surface area (Å²) in [5.74, 6) is 2.10. The van der Waals surface area contributed by atoms with Crippen LogP contribution in [-0.2, 0) is 4.74 Å². The van der Waals surface area contributed by atoms with Crippen molar-refractivity contribution < 1.29 is 9.53 Å². The van der Waals surface area contributed by atoms with Crippen LogP contribution in [0.1, 0.15) is 5.56 Å². The van der Waals surface area contributed by atoms with Gasteiger partial charge in [0.2, 0.25) is 0 Å². The fraction of sp³-hybridized carbons (Fsp3) is 0.385. The molecule has 10 nitrogen and oxygen atoms in total. The van der Waals surface area contributed by atoms with Crippen molar-refractivity contribution in [3.05, 3.63) is 54.4 Å². The molecule has 0 saturated carbocycles. The Bertz CT molecular complexity index is 1170. The van der Waals surface area contributed by atoms with Gasteiger partial charge in [-0.25, -0.2) is 19.7 Å². The quantitative estimate of drug-likeness (QED) is 0.566. The molecular formula is C26H32N8O2.